The smallest absolute Gasteiger partial charge is 0.0210 e. The third-order valence-corrected chi connectivity index (χ3v) is 2.94. The van der Waals surface area contributed by atoms with Crippen LogP contribution in [0.2, 0.25) is 0 Å². The van der Waals surface area contributed by atoms with Crippen LogP contribution in [0.25, 0.3) is 0 Å². The van der Waals surface area contributed by atoms with E-state index in [1.807, 2.05) is 5.37 Å². The third-order valence-electron chi connectivity index (χ3n) is 2.71. The number of unbranched alkanes of at least 4 members (excludes halogenated alkanes) is 1. The largest absolute Gasteiger partial charge is 0.0935 e. The van der Waals surface area contributed by atoms with Gasteiger partial charge in [0.05, 0.1) is 0 Å². The van der Waals surface area contributed by atoms with Crippen molar-refractivity contribution in [2.75, 3.05) is 0 Å². The van der Waals surface area contributed by atoms with Gasteiger partial charge in [0.15, 0.2) is 0 Å². The lowest BCUT2D eigenvalue weighted by Crippen LogP contribution is -2.18. The molecule has 0 heterocycles. The maximum atomic E-state index is 4.78. The summed E-state index contributed by atoms with van der Waals surface area (Å²) in [4.78, 5) is 0. The van der Waals surface area contributed by atoms with Crippen molar-refractivity contribution in [1.82, 2.24) is 0 Å². The van der Waals surface area contributed by atoms with Crippen molar-refractivity contribution in [1.29, 1.82) is 0 Å². The van der Waals surface area contributed by atoms with Gasteiger partial charge in [0.25, 0.3) is 0 Å². The summed E-state index contributed by atoms with van der Waals surface area (Å²) < 4.78 is 0. The second-order valence-corrected chi connectivity index (χ2v) is 4.54. The lowest BCUT2D eigenvalue weighted by Gasteiger charge is -2.28. The van der Waals surface area contributed by atoms with E-state index in [0.717, 1.165) is 12.3 Å². The highest BCUT2D eigenvalue weighted by molar-refractivity contribution is 7.78. The topological polar surface area (TPSA) is 0 Å². The summed E-state index contributed by atoms with van der Waals surface area (Å²) in [5, 5.41) is 1.84. The fourth-order valence-corrected chi connectivity index (χ4v) is 1.10. The average molecular weight is 172 g/mol. The fraction of sp³-hybridized carbons (Fsp3) is 0.900. The lowest BCUT2D eigenvalue weighted by atomic mass is 9.77. The number of thiocarbonyl (C=S) groups is 1. The molecule has 0 rings (SSSR count). The Balaban J connectivity index is 3.63. The first-order valence-electron chi connectivity index (χ1n) is 4.44. The minimum atomic E-state index is 0.484. The predicted molar refractivity (Wildman–Crippen MR) is 56.1 cm³/mol. The van der Waals surface area contributed by atoms with Gasteiger partial charge in [-0.1, -0.05) is 39.9 Å². The molecule has 0 aromatic rings. The Morgan fingerprint density at radius 2 is 1.91 bits per heavy atom. The molecule has 0 aromatic heterocycles. The van der Waals surface area contributed by atoms with E-state index in [9.17, 15) is 0 Å². The van der Waals surface area contributed by atoms with Crippen molar-refractivity contribution in [2.45, 2.75) is 47.0 Å². The van der Waals surface area contributed by atoms with Crippen molar-refractivity contribution in [3.05, 3.63) is 0 Å². The summed E-state index contributed by atoms with van der Waals surface area (Å²) in [6.45, 7) is 9.25. The van der Waals surface area contributed by atoms with Gasteiger partial charge < -0.3 is 0 Å². The van der Waals surface area contributed by atoms with Crippen molar-refractivity contribution >= 4 is 17.6 Å². The molecular formula is C10H20S. The molecule has 0 saturated heterocycles. The summed E-state index contributed by atoms with van der Waals surface area (Å²) in [6.07, 6.45) is 3.62. The van der Waals surface area contributed by atoms with E-state index < -0.39 is 0 Å². The molecule has 66 valence electrons. The van der Waals surface area contributed by atoms with Gasteiger partial charge in [0.1, 0.15) is 0 Å². The second-order valence-electron chi connectivity index (χ2n) is 4.20. The summed E-state index contributed by atoms with van der Waals surface area (Å²) >= 11 is 4.78. The molecule has 0 amide bonds. The first kappa shape index (κ1) is 11.1. The van der Waals surface area contributed by atoms with Gasteiger partial charge in [0.2, 0.25) is 0 Å². The third kappa shape index (κ3) is 4.52. The number of hydrogen-bond donors (Lipinski definition) is 0. The SMILES string of the molecule is CC(C)C(C)(C)CCCC=S. The molecular weight excluding hydrogens is 152 g/mol. The van der Waals surface area contributed by atoms with E-state index in [1.165, 1.54) is 12.8 Å². The minimum Gasteiger partial charge on any atom is -0.0935 e. The van der Waals surface area contributed by atoms with E-state index in [2.05, 4.69) is 27.7 Å². The maximum Gasteiger partial charge on any atom is -0.0210 e. The van der Waals surface area contributed by atoms with Crippen molar-refractivity contribution in [2.24, 2.45) is 11.3 Å². The summed E-state index contributed by atoms with van der Waals surface area (Å²) in [5.74, 6) is 0.771. The second kappa shape index (κ2) is 4.87. The van der Waals surface area contributed by atoms with Crippen LogP contribution in [0.15, 0.2) is 0 Å². The van der Waals surface area contributed by atoms with Crippen molar-refractivity contribution < 1.29 is 0 Å². The minimum absolute atomic E-state index is 0.484. The van der Waals surface area contributed by atoms with Crippen LogP contribution in [-0.4, -0.2) is 5.37 Å². The Morgan fingerprint density at radius 1 is 1.36 bits per heavy atom. The molecule has 0 radical (unpaired) electrons. The molecule has 0 bridgehead atoms. The zero-order chi connectivity index (χ0) is 8.91. The van der Waals surface area contributed by atoms with Crippen molar-refractivity contribution in [3.8, 4) is 0 Å². The highest BCUT2D eigenvalue weighted by Gasteiger charge is 2.20. The molecule has 1 heteroatoms. The van der Waals surface area contributed by atoms with Gasteiger partial charge in [-0.3, -0.25) is 0 Å². The number of hydrogen-bond acceptors (Lipinski definition) is 1. The molecule has 0 spiro atoms. The molecule has 0 saturated carbocycles. The summed E-state index contributed by atoms with van der Waals surface area (Å²) in [6, 6.07) is 0. The van der Waals surface area contributed by atoms with E-state index in [1.54, 1.807) is 0 Å². The van der Waals surface area contributed by atoms with Crippen molar-refractivity contribution in [3.63, 3.8) is 0 Å². The summed E-state index contributed by atoms with van der Waals surface area (Å²) in [5.41, 5.74) is 0.484. The maximum absolute atomic E-state index is 4.78. The zero-order valence-corrected chi connectivity index (χ0v) is 9.00. The monoisotopic (exact) mass is 172 g/mol. The predicted octanol–water partition coefficient (Wildman–Crippen LogP) is 3.84. The zero-order valence-electron chi connectivity index (χ0n) is 8.18. The Labute approximate surface area is 76.4 Å². The van der Waals surface area contributed by atoms with E-state index >= 15 is 0 Å². The van der Waals surface area contributed by atoms with Gasteiger partial charge in [-0.25, -0.2) is 0 Å². The molecule has 0 unspecified atom stereocenters. The fourth-order valence-electron chi connectivity index (χ4n) is 0.930. The highest BCUT2D eigenvalue weighted by Crippen LogP contribution is 2.31. The van der Waals surface area contributed by atoms with Gasteiger partial charge in [-0.2, -0.15) is 0 Å². The Kier molecular flexibility index (Phi) is 4.91. The molecule has 0 nitrogen and oxygen atoms in total. The van der Waals surface area contributed by atoms with Crippen LogP contribution < -0.4 is 0 Å². The normalized spacial score (nSPS) is 12.1. The molecule has 0 fully saturated rings. The molecule has 0 aliphatic carbocycles. The quantitative estimate of drug-likeness (QED) is 0.448. The van der Waals surface area contributed by atoms with E-state index in [0.29, 0.717) is 5.41 Å². The van der Waals surface area contributed by atoms with Crippen LogP contribution in [-0.2, 0) is 0 Å². The van der Waals surface area contributed by atoms with Gasteiger partial charge in [-0.15, -0.1) is 0 Å². The summed E-state index contributed by atoms with van der Waals surface area (Å²) in [7, 11) is 0. The Morgan fingerprint density at radius 3 is 2.27 bits per heavy atom. The molecule has 11 heavy (non-hydrogen) atoms. The van der Waals surface area contributed by atoms with Crippen LogP contribution in [0.5, 0.6) is 0 Å². The van der Waals surface area contributed by atoms with Gasteiger partial charge in [-0.05, 0) is 36.0 Å². The van der Waals surface area contributed by atoms with Gasteiger partial charge in [0, 0.05) is 0 Å². The van der Waals surface area contributed by atoms with Crippen LogP contribution in [0.3, 0.4) is 0 Å². The molecule has 0 N–H and O–H groups in total. The number of rotatable bonds is 5. The molecule has 0 atom stereocenters. The van der Waals surface area contributed by atoms with Crippen LogP contribution in [0, 0.1) is 11.3 Å². The van der Waals surface area contributed by atoms with Crippen LogP contribution >= 0.6 is 12.2 Å². The lowest BCUT2D eigenvalue weighted by molar-refractivity contribution is 0.225. The highest BCUT2D eigenvalue weighted by atomic mass is 32.1. The van der Waals surface area contributed by atoms with E-state index in [-0.39, 0.29) is 0 Å². The van der Waals surface area contributed by atoms with Crippen LogP contribution in [0.4, 0.5) is 0 Å². The molecule has 0 aromatic carbocycles. The average Bonchev–Trinajstić information content (AvgIpc) is 1.88. The van der Waals surface area contributed by atoms with Crippen LogP contribution in [0.1, 0.15) is 47.0 Å². The standard InChI is InChI=1S/C10H20S/c1-9(2)10(3,4)7-5-6-8-11/h8-9H,5-7H2,1-4H3. The van der Waals surface area contributed by atoms with E-state index in [4.69, 9.17) is 12.2 Å². The molecule has 0 aliphatic heterocycles. The molecule has 0 aliphatic rings. The Bertz CT molecular complexity index is 114. The first-order valence-corrected chi connectivity index (χ1v) is 4.91. The Hall–Kier alpha value is 0.0900. The first-order chi connectivity index (χ1) is 5.00. The van der Waals surface area contributed by atoms with Gasteiger partial charge >= 0.3 is 0 Å².